The minimum absolute atomic E-state index is 0.0384. The van der Waals surface area contributed by atoms with Gasteiger partial charge < -0.3 is 35.2 Å². The van der Waals surface area contributed by atoms with Gasteiger partial charge in [-0.1, -0.05) is 55.5 Å². The highest BCUT2D eigenvalue weighted by Crippen LogP contribution is 2.39. The maximum Gasteiger partial charge on any atom is 0.303 e. The zero-order chi connectivity index (χ0) is 32.3. The Balaban J connectivity index is 0.000000317. The van der Waals surface area contributed by atoms with Gasteiger partial charge in [-0.15, -0.1) is 0 Å². The van der Waals surface area contributed by atoms with Crippen LogP contribution in [0.4, 0.5) is 10.1 Å². The summed E-state index contributed by atoms with van der Waals surface area (Å²) in [6.45, 7) is 2.31. The lowest BCUT2D eigenvalue weighted by Crippen LogP contribution is -2.46. The standard InChI is InChI=1S/C23H29NO6.C11H13FO2/c25-14-23(30,15-26)12-11-17-1-6-18(7-2-17)20-13-21(27)24(20)19-8-3-16(4-9-19)5-10-22(28)29;1-3-11(14-8(2)13)9-4-6-10(12)7-5-9/h1-4,6-9,20,22,25-26,28-30H,5,10-15H2;4-7,11H,3H2,1-2H3. The zero-order valence-electron chi connectivity index (χ0n) is 25.1. The summed E-state index contributed by atoms with van der Waals surface area (Å²) in [5.74, 6) is -0.550. The van der Waals surface area contributed by atoms with Gasteiger partial charge in [-0.05, 0) is 72.2 Å². The van der Waals surface area contributed by atoms with Crippen molar-refractivity contribution in [1.82, 2.24) is 0 Å². The number of hydrogen-bond donors (Lipinski definition) is 5. The van der Waals surface area contributed by atoms with Crippen LogP contribution in [0.2, 0.25) is 0 Å². The van der Waals surface area contributed by atoms with E-state index >= 15 is 0 Å². The number of esters is 1. The molecule has 3 aromatic rings. The number of rotatable bonds is 13. The molecule has 4 rings (SSSR count). The van der Waals surface area contributed by atoms with Gasteiger partial charge in [0.05, 0.1) is 25.7 Å². The van der Waals surface area contributed by atoms with Crippen molar-refractivity contribution >= 4 is 17.6 Å². The second kappa shape index (κ2) is 16.4. The van der Waals surface area contributed by atoms with Crippen molar-refractivity contribution in [3.63, 3.8) is 0 Å². The van der Waals surface area contributed by atoms with Crippen LogP contribution in [0.25, 0.3) is 0 Å². The molecule has 2 unspecified atom stereocenters. The molecule has 1 aliphatic heterocycles. The minimum atomic E-state index is -1.47. The van der Waals surface area contributed by atoms with E-state index in [1.807, 2.05) is 55.5 Å². The number of hydrogen-bond acceptors (Lipinski definition) is 8. The van der Waals surface area contributed by atoms with Crippen molar-refractivity contribution in [3.05, 3.63) is 101 Å². The third-order valence-electron chi connectivity index (χ3n) is 7.61. The van der Waals surface area contributed by atoms with E-state index in [1.54, 1.807) is 17.0 Å². The van der Waals surface area contributed by atoms with Gasteiger partial charge in [0, 0.05) is 19.0 Å². The molecule has 44 heavy (non-hydrogen) atoms. The van der Waals surface area contributed by atoms with Gasteiger partial charge in [0.2, 0.25) is 5.91 Å². The van der Waals surface area contributed by atoms with Crippen molar-refractivity contribution in [2.45, 2.75) is 76.4 Å². The van der Waals surface area contributed by atoms with Crippen molar-refractivity contribution in [3.8, 4) is 0 Å². The molecule has 0 saturated carbocycles. The highest BCUT2D eigenvalue weighted by molar-refractivity contribution is 6.01. The summed E-state index contributed by atoms with van der Waals surface area (Å²) in [5.41, 5.74) is 3.13. The maximum atomic E-state index is 12.6. The number of aliphatic hydroxyl groups is 5. The molecule has 9 nitrogen and oxygen atoms in total. The first kappa shape index (κ1) is 34.8. The number of nitrogens with zero attached hydrogens (tertiary/aromatic N) is 1. The molecule has 1 fully saturated rings. The van der Waals surface area contributed by atoms with Crippen LogP contribution in [0.15, 0.2) is 72.8 Å². The normalized spacial score (nSPS) is 15.3. The summed E-state index contributed by atoms with van der Waals surface area (Å²) in [4.78, 5) is 24.8. The number of ether oxygens (including phenoxy) is 1. The fraction of sp³-hybridized carbons (Fsp3) is 0.412. The highest BCUT2D eigenvalue weighted by atomic mass is 19.1. The summed E-state index contributed by atoms with van der Waals surface area (Å²) < 4.78 is 17.7. The van der Waals surface area contributed by atoms with E-state index in [0.29, 0.717) is 25.7 Å². The van der Waals surface area contributed by atoms with Gasteiger partial charge in [-0.25, -0.2) is 4.39 Å². The topological polar surface area (TPSA) is 148 Å². The Hall–Kier alpha value is -3.67. The van der Waals surface area contributed by atoms with Crippen LogP contribution in [0.3, 0.4) is 0 Å². The molecular weight excluding hydrogens is 569 g/mol. The summed E-state index contributed by atoms with van der Waals surface area (Å²) in [6, 6.07) is 21.3. The molecule has 0 radical (unpaired) electrons. The lowest BCUT2D eigenvalue weighted by molar-refractivity contribution is -0.146. The van der Waals surface area contributed by atoms with E-state index in [0.717, 1.165) is 27.9 Å². The molecule has 238 valence electrons. The molecular formula is C34H42FNO8. The number of carbonyl (C=O) groups excluding carboxylic acids is 2. The van der Waals surface area contributed by atoms with E-state index in [9.17, 15) is 29.3 Å². The van der Waals surface area contributed by atoms with Gasteiger partial charge in [-0.3, -0.25) is 9.59 Å². The van der Waals surface area contributed by atoms with Gasteiger partial charge in [0.15, 0.2) is 6.29 Å². The SMILES string of the molecule is CCC(OC(C)=O)c1ccc(F)cc1.O=C1CC(c2ccc(CCC(O)(CO)CO)cc2)N1c1ccc(CCC(O)O)cc1. The maximum absolute atomic E-state index is 12.6. The molecule has 1 amide bonds. The number of benzene rings is 3. The molecule has 1 saturated heterocycles. The molecule has 2 atom stereocenters. The number of halogens is 1. The van der Waals surface area contributed by atoms with Crippen LogP contribution < -0.4 is 4.90 Å². The Bertz CT molecular complexity index is 1320. The molecule has 3 aromatic carbocycles. The molecule has 0 aromatic heterocycles. The second-order valence-corrected chi connectivity index (χ2v) is 11.0. The molecule has 0 spiro atoms. The van der Waals surface area contributed by atoms with Crippen LogP contribution in [-0.4, -0.2) is 62.5 Å². The van der Waals surface area contributed by atoms with E-state index in [4.69, 9.17) is 14.9 Å². The quantitative estimate of drug-likeness (QED) is 0.111. The van der Waals surface area contributed by atoms with Gasteiger partial charge in [-0.2, -0.15) is 0 Å². The summed E-state index contributed by atoms with van der Waals surface area (Å²) in [5, 5.41) is 46.3. The predicted molar refractivity (Wildman–Crippen MR) is 163 cm³/mol. The number of anilines is 1. The number of β-lactam (4-membered cyclic amide) rings is 1. The number of amides is 1. The number of aryl methyl sites for hydroxylation is 2. The monoisotopic (exact) mass is 611 g/mol. The second-order valence-electron chi connectivity index (χ2n) is 11.0. The number of aliphatic hydroxyl groups excluding tert-OH is 3. The molecule has 0 bridgehead atoms. The predicted octanol–water partition coefficient (Wildman–Crippen LogP) is 3.90. The van der Waals surface area contributed by atoms with E-state index < -0.39 is 25.1 Å². The molecule has 1 heterocycles. The van der Waals surface area contributed by atoms with Crippen LogP contribution in [-0.2, 0) is 27.2 Å². The Labute approximate surface area is 257 Å². The minimum Gasteiger partial charge on any atom is -0.458 e. The van der Waals surface area contributed by atoms with E-state index in [-0.39, 0.29) is 42.7 Å². The van der Waals surface area contributed by atoms with Gasteiger partial charge >= 0.3 is 5.97 Å². The van der Waals surface area contributed by atoms with Crippen molar-refractivity contribution < 1.29 is 44.2 Å². The third kappa shape index (κ3) is 9.93. The van der Waals surface area contributed by atoms with Crippen LogP contribution in [0.5, 0.6) is 0 Å². The lowest BCUT2D eigenvalue weighted by atomic mass is 9.91. The first-order valence-corrected chi connectivity index (χ1v) is 14.7. The van der Waals surface area contributed by atoms with Crippen LogP contribution in [0.1, 0.15) is 73.9 Å². The fourth-order valence-corrected chi connectivity index (χ4v) is 4.88. The van der Waals surface area contributed by atoms with E-state index in [1.165, 1.54) is 19.1 Å². The Morgan fingerprint density at radius 2 is 1.52 bits per heavy atom. The Morgan fingerprint density at radius 3 is 2.02 bits per heavy atom. The van der Waals surface area contributed by atoms with Crippen molar-refractivity contribution in [1.29, 1.82) is 0 Å². The van der Waals surface area contributed by atoms with Crippen molar-refractivity contribution in [2.24, 2.45) is 0 Å². The highest BCUT2D eigenvalue weighted by Gasteiger charge is 2.38. The average molecular weight is 612 g/mol. The van der Waals surface area contributed by atoms with Crippen molar-refractivity contribution in [2.75, 3.05) is 18.1 Å². The first-order chi connectivity index (χ1) is 21.0. The smallest absolute Gasteiger partial charge is 0.303 e. The Kier molecular flexibility index (Phi) is 13.0. The lowest BCUT2D eigenvalue weighted by Gasteiger charge is -2.41. The Morgan fingerprint density at radius 1 is 0.955 bits per heavy atom. The first-order valence-electron chi connectivity index (χ1n) is 14.7. The molecule has 10 heteroatoms. The molecule has 1 aliphatic rings. The van der Waals surface area contributed by atoms with Gasteiger partial charge in [0.1, 0.15) is 17.5 Å². The van der Waals surface area contributed by atoms with E-state index in [2.05, 4.69) is 0 Å². The van der Waals surface area contributed by atoms with Crippen LogP contribution in [0, 0.1) is 5.82 Å². The summed E-state index contributed by atoms with van der Waals surface area (Å²) in [7, 11) is 0. The molecule has 5 N–H and O–H groups in total. The zero-order valence-corrected chi connectivity index (χ0v) is 25.1. The van der Waals surface area contributed by atoms with Crippen LogP contribution >= 0.6 is 0 Å². The fourth-order valence-electron chi connectivity index (χ4n) is 4.88. The number of carbonyl (C=O) groups is 2. The summed E-state index contributed by atoms with van der Waals surface area (Å²) in [6.07, 6.45) is 1.13. The third-order valence-corrected chi connectivity index (χ3v) is 7.61. The average Bonchev–Trinajstić information content (AvgIpc) is 3.02. The molecule has 0 aliphatic carbocycles. The van der Waals surface area contributed by atoms with Gasteiger partial charge in [0.25, 0.3) is 0 Å². The summed E-state index contributed by atoms with van der Waals surface area (Å²) >= 11 is 0. The largest absolute Gasteiger partial charge is 0.458 e.